The lowest BCUT2D eigenvalue weighted by atomic mass is 10.2. The molecule has 1 aromatic rings. The number of carboxylic acids is 1. The smallest absolute Gasteiger partial charge is 0.415 e. The summed E-state index contributed by atoms with van der Waals surface area (Å²) in [7, 11) is 1.48. The van der Waals surface area contributed by atoms with Crippen LogP contribution in [0.15, 0.2) is 12.3 Å². The molecule has 0 spiro atoms. The summed E-state index contributed by atoms with van der Waals surface area (Å²) in [6.45, 7) is 6.90. The summed E-state index contributed by atoms with van der Waals surface area (Å²) >= 11 is 0. The highest BCUT2D eigenvalue weighted by molar-refractivity contribution is 6.14. The highest BCUT2D eigenvalue weighted by Gasteiger charge is 2.23. The monoisotopic (exact) mass is 308 g/mol. The minimum Gasteiger partial charge on any atom is -0.477 e. The van der Waals surface area contributed by atoms with Crippen LogP contribution in [0, 0.1) is 6.92 Å². The van der Waals surface area contributed by atoms with Gasteiger partial charge in [0.15, 0.2) is 5.82 Å². The molecule has 0 atom stereocenters. The fourth-order valence-corrected chi connectivity index (χ4v) is 1.51. The number of aromatic nitrogens is 2. The van der Waals surface area contributed by atoms with Crippen LogP contribution < -0.4 is 10.6 Å². The zero-order valence-electron chi connectivity index (χ0n) is 13.2. The molecule has 8 heteroatoms. The van der Waals surface area contributed by atoms with Gasteiger partial charge in [-0.2, -0.15) is 0 Å². The van der Waals surface area contributed by atoms with Crippen LogP contribution in [-0.2, 0) is 9.53 Å². The summed E-state index contributed by atoms with van der Waals surface area (Å²) in [5, 5.41) is 9.08. The van der Waals surface area contributed by atoms with E-state index in [2.05, 4.69) is 9.97 Å². The molecule has 0 aliphatic heterocycles. The van der Waals surface area contributed by atoms with Crippen molar-refractivity contribution in [2.24, 2.45) is 5.73 Å². The van der Waals surface area contributed by atoms with Crippen molar-refractivity contribution >= 4 is 23.5 Å². The average molecular weight is 308 g/mol. The molecule has 0 fully saturated rings. The first-order valence-electron chi connectivity index (χ1n) is 6.53. The van der Waals surface area contributed by atoms with E-state index in [4.69, 9.17) is 15.6 Å². The van der Waals surface area contributed by atoms with Crippen molar-refractivity contribution < 1.29 is 19.4 Å². The van der Waals surface area contributed by atoms with Gasteiger partial charge < -0.3 is 15.6 Å². The molecular weight excluding hydrogens is 288 g/mol. The van der Waals surface area contributed by atoms with Gasteiger partial charge in [0.2, 0.25) is 0 Å². The van der Waals surface area contributed by atoms with Crippen LogP contribution in [-0.4, -0.2) is 39.8 Å². The predicted octanol–water partition coefficient (Wildman–Crippen LogP) is 1.54. The molecule has 1 rings (SSSR count). The summed E-state index contributed by atoms with van der Waals surface area (Å²) < 4.78 is 5.24. The number of ether oxygens (including phenoxy) is 1. The number of hydrogen-bond donors (Lipinski definition) is 2. The van der Waals surface area contributed by atoms with Gasteiger partial charge in [0.1, 0.15) is 17.0 Å². The van der Waals surface area contributed by atoms with Crippen LogP contribution in [0.2, 0.25) is 0 Å². The van der Waals surface area contributed by atoms with Gasteiger partial charge in [0, 0.05) is 25.0 Å². The molecule has 8 nitrogen and oxygen atoms in total. The number of carbonyl (C=O) groups excluding carboxylic acids is 1. The Balaban J connectivity index is 3.18. The Kier molecular flexibility index (Phi) is 5.08. The van der Waals surface area contributed by atoms with E-state index < -0.39 is 17.7 Å². The normalized spacial score (nSPS) is 12.0. The number of hydrogen-bond acceptors (Lipinski definition) is 6. The number of anilines is 1. The van der Waals surface area contributed by atoms with Crippen molar-refractivity contribution in [1.82, 2.24) is 9.97 Å². The Morgan fingerprint density at radius 3 is 2.41 bits per heavy atom. The number of nitrogens with zero attached hydrogens (tertiary/aromatic N) is 3. The lowest BCUT2D eigenvalue weighted by molar-refractivity contribution is -0.130. The molecule has 1 aromatic heterocycles. The molecular formula is C14H20N4O4. The van der Waals surface area contributed by atoms with E-state index in [0.717, 1.165) is 6.20 Å². The third kappa shape index (κ3) is 4.44. The maximum Gasteiger partial charge on any atom is 0.415 e. The van der Waals surface area contributed by atoms with Crippen LogP contribution in [0.5, 0.6) is 0 Å². The van der Waals surface area contributed by atoms with E-state index in [9.17, 15) is 9.59 Å². The molecule has 22 heavy (non-hydrogen) atoms. The average Bonchev–Trinajstić information content (AvgIpc) is 2.35. The molecule has 0 aliphatic carbocycles. The van der Waals surface area contributed by atoms with Crippen LogP contribution in [0.3, 0.4) is 0 Å². The molecule has 120 valence electrons. The van der Waals surface area contributed by atoms with E-state index in [-0.39, 0.29) is 17.2 Å². The summed E-state index contributed by atoms with van der Waals surface area (Å²) in [5.41, 5.74) is 4.89. The van der Waals surface area contributed by atoms with E-state index in [1.165, 1.54) is 11.9 Å². The van der Waals surface area contributed by atoms with Crippen molar-refractivity contribution in [3.05, 3.63) is 23.8 Å². The quantitative estimate of drug-likeness (QED) is 0.813. The first kappa shape index (κ1) is 17.4. The zero-order valence-corrected chi connectivity index (χ0v) is 13.2. The van der Waals surface area contributed by atoms with Crippen molar-refractivity contribution in [3.63, 3.8) is 0 Å². The van der Waals surface area contributed by atoms with E-state index in [0.29, 0.717) is 5.69 Å². The Morgan fingerprint density at radius 2 is 1.95 bits per heavy atom. The van der Waals surface area contributed by atoms with Crippen molar-refractivity contribution in [2.75, 3.05) is 11.9 Å². The minimum atomic E-state index is -1.25. The third-order valence-electron chi connectivity index (χ3n) is 2.49. The molecule has 0 radical (unpaired) electrons. The van der Waals surface area contributed by atoms with Gasteiger partial charge in [-0.15, -0.1) is 0 Å². The maximum absolute atomic E-state index is 12.0. The minimum absolute atomic E-state index is 0.0691. The molecule has 0 saturated heterocycles. The predicted molar refractivity (Wildman–Crippen MR) is 81.2 cm³/mol. The molecule has 0 saturated carbocycles. The topological polar surface area (TPSA) is 119 Å². The zero-order chi connectivity index (χ0) is 17.1. The number of aliphatic carboxylic acids is 1. The van der Waals surface area contributed by atoms with Crippen LogP contribution in [0.25, 0.3) is 5.57 Å². The highest BCUT2D eigenvalue weighted by Crippen LogP contribution is 2.18. The van der Waals surface area contributed by atoms with Gasteiger partial charge in [0.05, 0.1) is 0 Å². The SMILES string of the molecule is Cc1cc(N(C)C(=O)OC(C)(C)C)nc(C(=CN)C(=O)O)n1. The van der Waals surface area contributed by atoms with E-state index in [1.54, 1.807) is 33.8 Å². The second-order valence-corrected chi connectivity index (χ2v) is 5.62. The first-order chi connectivity index (χ1) is 10.0. The molecule has 0 aliphatic rings. The van der Waals surface area contributed by atoms with Crippen molar-refractivity contribution in [2.45, 2.75) is 33.3 Å². The summed E-state index contributed by atoms with van der Waals surface area (Å²) in [5.74, 6) is -1.10. The van der Waals surface area contributed by atoms with Crippen molar-refractivity contribution in [1.29, 1.82) is 0 Å². The molecule has 0 bridgehead atoms. The van der Waals surface area contributed by atoms with Crippen LogP contribution in [0.4, 0.5) is 10.6 Å². The van der Waals surface area contributed by atoms with Crippen LogP contribution in [0.1, 0.15) is 32.3 Å². The number of aryl methyl sites for hydroxylation is 1. The largest absolute Gasteiger partial charge is 0.477 e. The number of nitrogens with two attached hydrogens (primary N) is 1. The molecule has 1 heterocycles. The lowest BCUT2D eigenvalue weighted by Gasteiger charge is -2.24. The van der Waals surface area contributed by atoms with Gasteiger partial charge in [-0.25, -0.2) is 19.6 Å². The maximum atomic E-state index is 12.0. The van der Waals surface area contributed by atoms with Gasteiger partial charge >= 0.3 is 12.1 Å². The fourth-order valence-electron chi connectivity index (χ4n) is 1.51. The van der Waals surface area contributed by atoms with Crippen LogP contribution >= 0.6 is 0 Å². The number of amides is 1. The first-order valence-corrected chi connectivity index (χ1v) is 6.53. The molecule has 0 aromatic carbocycles. The Hall–Kier alpha value is -2.64. The molecule has 0 unspecified atom stereocenters. The third-order valence-corrected chi connectivity index (χ3v) is 2.49. The van der Waals surface area contributed by atoms with E-state index >= 15 is 0 Å². The van der Waals surface area contributed by atoms with Gasteiger partial charge in [-0.05, 0) is 27.7 Å². The Bertz CT molecular complexity index is 620. The summed E-state index contributed by atoms with van der Waals surface area (Å²) in [6.07, 6.45) is 0.305. The standard InChI is InChI=1S/C14H20N4O4/c1-8-6-10(18(5)13(21)22-14(2,3)4)17-11(16-8)9(7-15)12(19)20/h6-7H,15H2,1-5H3,(H,19,20). The lowest BCUT2D eigenvalue weighted by Crippen LogP contribution is -2.34. The summed E-state index contributed by atoms with van der Waals surface area (Å²) in [6, 6.07) is 1.55. The second kappa shape index (κ2) is 6.42. The van der Waals surface area contributed by atoms with Crippen molar-refractivity contribution in [3.8, 4) is 0 Å². The molecule has 1 amide bonds. The summed E-state index contributed by atoms with van der Waals surface area (Å²) in [4.78, 5) is 32.4. The highest BCUT2D eigenvalue weighted by atomic mass is 16.6. The number of carbonyl (C=O) groups is 2. The number of carboxylic acid groups (broad SMARTS) is 1. The van der Waals surface area contributed by atoms with Gasteiger partial charge in [-0.1, -0.05) is 0 Å². The van der Waals surface area contributed by atoms with Gasteiger partial charge in [0.25, 0.3) is 0 Å². The Labute approximate surface area is 128 Å². The van der Waals surface area contributed by atoms with E-state index in [1.807, 2.05) is 0 Å². The second-order valence-electron chi connectivity index (χ2n) is 5.62. The fraction of sp³-hybridized carbons (Fsp3) is 0.429. The number of rotatable bonds is 3. The Morgan fingerprint density at radius 1 is 1.36 bits per heavy atom. The molecule has 3 N–H and O–H groups in total. The van der Waals surface area contributed by atoms with Gasteiger partial charge in [-0.3, -0.25) is 4.90 Å².